The molecule has 2 aromatic heterocycles. The van der Waals surface area contributed by atoms with Gasteiger partial charge in [-0.05, 0) is 49.2 Å². The Morgan fingerprint density at radius 1 is 1.18 bits per heavy atom. The zero-order chi connectivity index (χ0) is 19.5. The second-order valence-corrected chi connectivity index (χ2v) is 6.61. The maximum Gasteiger partial charge on any atom is 0.306 e. The Morgan fingerprint density at radius 3 is 2.79 bits per heavy atom. The van der Waals surface area contributed by atoms with Gasteiger partial charge in [0.1, 0.15) is 18.1 Å². The van der Waals surface area contributed by atoms with Crippen LogP contribution in [0.2, 0.25) is 0 Å². The van der Waals surface area contributed by atoms with Crippen LogP contribution in [0.15, 0.2) is 59.3 Å². The van der Waals surface area contributed by atoms with E-state index in [0.29, 0.717) is 17.9 Å². The second-order valence-electron chi connectivity index (χ2n) is 6.61. The third-order valence-electron chi connectivity index (χ3n) is 4.77. The van der Waals surface area contributed by atoms with E-state index < -0.39 is 0 Å². The molecule has 0 atom stereocenters. The molecule has 0 unspecified atom stereocenters. The summed E-state index contributed by atoms with van der Waals surface area (Å²) in [5.41, 5.74) is 4.19. The van der Waals surface area contributed by atoms with Crippen LogP contribution >= 0.6 is 0 Å². The number of ether oxygens (including phenoxy) is 1. The molecule has 0 aliphatic heterocycles. The number of benzene rings is 2. The molecule has 0 aliphatic rings. The van der Waals surface area contributed by atoms with Crippen LogP contribution < -0.4 is 0 Å². The highest BCUT2D eigenvalue weighted by Crippen LogP contribution is 2.26. The van der Waals surface area contributed by atoms with Gasteiger partial charge in [0.25, 0.3) is 0 Å². The summed E-state index contributed by atoms with van der Waals surface area (Å²) >= 11 is 0. The van der Waals surface area contributed by atoms with E-state index in [9.17, 15) is 9.18 Å². The Bertz CT molecular complexity index is 1110. The average Bonchev–Trinajstić information content (AvgIpc) is 3.29. The van der Waals surface area contributed by atoms with Crippen molar-refractivity contribution in [3.05, 3.63) is 77.4 Å². The van der Waals surface area contributed by atoms with Gasteiger partial charge in [0, 0.05) is 34.6 Å². The average molecular weight is 378 g/mol. The van der Waals surface area contributed by atoms with Crippen molar-refractivity contribution in [3.63, 3.8) is 0 Å². The van der Waals surface area contributed by atoms with E-state index in [1.54, 1.807) is 12.1 Å². The van der Waals surface area contributed by atoms with Crippen LogP contribution in [0.1, 0.15) is 23.2 Å². The molecule has 6 heteroatoms. The minimum atomic E-state index is -0.315. The molecule has 4 aromatic rings. The third-order valence-corrected chi connectivity index (χ3v) is 4.77. The maximum atomic E-state index is 13.1. The molecule has 0 amide bonds. The highest BCUT2D eigenvalue weighted by atomic mass is 19.1. The molecule has 4 rings (SSSR count). The number of carbonyl (C=O) groups excluding carboxylic acids is 1. The smallest absolute Gasteiger partial charge is 0.306 e. The summed E-state index contributed by atoms with van der Waals surface area (Å²) in [6.07, 6.45) is 2.81. The van der Waals surface area contributed by atoms with Gasteiger partial charge in [0.05, 0.1) is 0 Å². The standard InChI is InChI=1S/C22H19FN2O3/c1-14-20(25-28-22(14)15-6-9-17(23)10-7-15)13-27-21(26)11-8-16-12-24-19-5-3-2-4-18(16)19/h2-7,9-10,12,24H,8,11,13H2,1H3. The van der Waals surface area contributed by atoms with Gasteiger partial charge in [-0.25, -0.2) is 4.39 Å². The highest BCUT2D eigenvalue weighted by Gasteiger charge is 2.16. The van der Waals surface area contributed by atoms with E-state index in [0.717, 1.165) is 27.6 Å². The number of rotatable bonds is 6. The molecule has 0 saturated heterocycles. The summed E-state index contributed by atoms with van der Waals surface area (Å²) in [7, 11) is 0. The molecule has 0 aliphatic carbocycles. The molecule has 0 bridgehead atoms. The van der Waals surface area contributed by atoms with Crippen LogP contribution in [-0.2, 0) is 22.6 Å². The lowest BCUT2D eigenvalue weighted by atomic mass is 10.1. The molecule has 1 N–H and O–H groups in total. The van der Waals surface area contributed by atoms with Crippen LogP contribution in [0.5, 0.6) is 0 Å². The van der Waals surface area contributed by atoms with Crippen molar-refractivity contribution >= 4 is 16.9 Å². The second kappa shape index (κ2) is 7.68. The Labute approximate surface area is 161 Å². The van der Waals surface area contributed by atoms with Crippen molar-refractivity contribution < 1.29 is 18.4 Å². The van der Waals surface area contributed by atoms with Crippen molar-refractivity contribution in [2.75, 3.05) is 0 Å². The Hall–Kier alpha value is -3.41. The van der Waals surface area contributed by atoms with E-state index in [1.165, 1.54) is 12.1 Å². The fourth-order valence-corrected chi connectivity index (χ4v) is 3.17. The normalized spacial score (nSPS) is 11.1. The molecule has 0 fully saturated rings. The van der Waals surface area contributed by atoms with E-state index in [4.69, 9.17) is 9.26 Å². The number of hydrogen-bond donors (Lipinski definition) is 1. The fraction of sp³-hybridized carbons (Fsp3) is 0.182. The molecule has 2 aromatic carbocycles. The van der Waals surface area contributed by atoms with Gasteiger partial charge in [-0.3, -0.25) is 4.79 Å². The van der Waals surface area contributed by atoms with E-state index in [2.05, 4.69) is 10.1 Å². The molecule has 142 valence electrons. The summed E-state index contributed by atoms with van der Waals surface area (Å²) in [5, 5.41) is 5.10. The number of nitrogens with zero attached hydrogens (tertiary/aromatic N) is 1. The molecule has 0 saturated carbocycles. The van der Waals surface area contributed by atoms with Gasteiger partial charge in [-0.15, -0.1) is 0 Å². The van der Waals surface area contributed by atoms with Crippen LogP contribution in [-0.4, -0.2) is 16.1 Å². The molecule has 0 spiro atoms. The zero-order valence-electron chi connectivity index (χ0n) is 15.4. The number of H-pyrrole nitrogens is 1. The number of aromatic amines is 1. The number of esters is 1. The zero-order valence-corrected chi connectivity index (χ0v) is 15.4. The van der Waals surface area contributed by atoms with Gasteiger partial charge >= 0.3 is 5.97 Å². The minimum Gasteiger partial charge on any atom is -0.459 e. The fourth-order valence-electron chi connectivity index (χ4n) is 3.17. The number of carbonyl (C=O) groups is 1. The number of aromatic nitrogens is 2. The summed E-state index contributed by atoms with van der Waals surface area (Å²) in [6, 6.07) is 14.0. The van der Waals surface area contributed by atoms with Crippen molar-refractivity contribution in [2.45, 2.75) is 26.4 Å². The predicted octanol–water partition coefficient (Wildman–Crippen LogP) is 4.95. The number of nitrogens with one attached hydrogen (secondary N) is 1. The third kappa shape index (κ3) is 3.67. The molecular formula is C22H19FN2O3. The first-order chi connectivity index (χ1) is 13.6. The lowest BCUT2D eigenvalue weighted by Crippen LogP contribution is -2.06. The van der Waals surface area contributed by atoms with E-state index in [1.807, 2.05) is 37.4 Å². The first-order valence-corrected chi connectivity index (χ1v) is 9.03. The minimum absolute atomic E-state index is 0.0449. The number of aryl methyl sites for hydroxylation is 1. The molecular weight excluding hydrogens is 359 g/mol. The summed E-state index contributed by atoms with van der Waals surface area (Å²) in [4.78, 5) is 15.3. The van der Waals surface area contributed by atoms with Crippen molar-refractivity contribution in [3.8, 4) is 11.3 Å². The largest absolute Gasteiger partial charge is 0.459 e. The Kier molecular flexibility index (Phi) is 4.93. The van der Waals surface area contributed by atoms with Crippen LogP contribution in [0, 0.1) is 12.7 Å². The Balaban J connectivity index is 1.35. The summed E-state index contributed by atoms with van der Waals surface area (Å²) in [6.45, 7) is 1.88. The quantitative estimate of drug-likeness (QED) is 0.482. The monoisotopic (exact) mass is 378 g/mol. The maximum absolute atomic E-state index is 13.1. The number of fused-ring (bicyclic) bond motifs is 1. The molecule has 2 heterocycles. The first-order valence-electron chi connectivity index (χ1n) is 9.03. The summed E-state index contributed by atoms with van der Waals surface area (Å²) < 4.78 is 23.8. The summed E-state index contributed by atoms with van der Waals surface area (Å²) in [5.74, 6) is -0.0638. The van der Waals surface area contributed by atoms with E-state index in [-0.39, 0.29) is 24.8 Å². The number of hydrogen-bond acceptors (Lipinski definition) is 4. The van der Waals surface area contributed by atoms with Gasteiger partial charge in [-0.2, -0.15) is 0 Å². The van der Waals surface area contributed by atoms with E-state index >= 15 is 0 Å². The Morgan fingerprint density at radius 2 is 1.96 bits per heavy atom. The molecule has 0 radical (unpaired) electrons. The lowest BCUT2D eigenvalue weighted by molar-refractivity contribution is -0.145. The van der Waals surface area contributed by atoms with Crippen molar-refractivity contribution in [1.82, 2.24) is 10.1 Å². The highest BCUT2D eigenvalue weighted by molar-refractivity contribution is 5.83. The van der Waals surface area contributed by atoms with Gasteiger partial charge in [0.15, 0.2) is 5.76 Å². The van der Waals surface area contributed by atoms with Crippen molar-refractivity contribution in [1.29, 1.82) is 0 Å². The van der Waals surface area contributed by atoms with Crippen LogP contribution in [0.3, 0.4) is 0 Å². The lowest BCUT2D eigenvalue weighted by Gasteiger charge is -2.03. The number of halogens is 1. The van der Waals surface area contributed by atoms with Crippen LogP contribution in [0.25, 0.3) is 22.2 Å². The van der Waals surface area contributed by atoms with Gasteiger partial charge < -0.3 is 14.2 Å². The number of para-hydroxylation sites is 1. The van der Waals surface area contributed by atoms with Crippen molar-refractivity contribution in [2.24, 2.45) is 0 Å². The molecule has 28 heavy (non-hydrogen) atoms. The molecule has 5 nitrogen and oxygen atoms in total. The topological polar surface area (TPSA) is 68.1 Å². The van der Waals surface area contributed by atoms with Crippen LogP contribution in [0.4, 0.5) is 4.39 Å². The van der Waals surface area contributed by atoms with Gasteiger partial charge in [-0.1, -0.05) is 23.4 Å². The predicted molar refractivity (Wildman–Crippen MR) is 103 cm³/mol. The SMILES string of the molecule is Cc1c(COC(=O)CCc2c[nH]c3ccccc23)noc1-c1ccc(F)cc1. The first kappa shape index (κ1) is 18.0. The van der Waals surface area contributed by atoms with Gasteiger partial charge in [0.2, 0.25) is 0 Å².